The molecule has 2 fully saturated rings. The van der Waals surface area contributed by atoms with E-state index >= 15 is 4.39 Å². The van der Waals surface area contributed by atoms with Gasteiger partial charge in [0.05, 0.1) is 11.3 Å². The molecule has 3 amide bonds. The van der Waals surface area contributed by atoms with Crippen LogP contribution in [0.4, 0.5) is 10.1 Å². The highest BCUT2D eigenvalue weighted by molar-refractivity contribution is 5.91. The molecule has 0 radical (unpaired) electrons. The van der Waals surface area contributed by atoms with Crippen molar-refractivity contribution in [2.75, 3.05) is 18.4 Å². The number of nitrogens with one attached hydrogen (secondary N) is 2. The average molecular weight is 504 g/mol. The molecular weight excluding hydrogens is 461 g/mol. The molecule has 1 saturated carbocycles. The first kappa shape index (κ1) is 28.1. The Morgan fingerprint density at radius 3 is 2.36 bits per heavy atom. The number of carbonyl (C=O) groups is 3. The van der Waals surface area contributed by atoms with Crippen molar-refractivity contribution in [3.05, 3.63) is 29.6 Å². The van der Waals surface area contributed by atoms with Gasteiger partial charge in [-0.25, -0.2) is 4.39 Å². The molecule has 200 valence electrons. The third-order valence-corrected chi connectivity index (χ3v) is 7.96. The van der Waals surface area contributed by atoms with E-state index < -0.39 is 23.4 Å². The van der Waals surface area contributed by atoms with E-state index in [1.54, 1.807) is 31.7 Å². The number of hydrogen-bond acceptors (Lipinski definition) is 4. The third kappa shape index (κ3) is 7.51. The van der Waals surface area contributed by atoms with Crippen molar-refractivity contribution in [1.29, 1.82) is 0 Å². The number of carbonyl (C=O) groups excluding carboxylic acids is 3. The van der Waals surface area contributed by atoms with Crippen LogP contribution in [0.5, 0.6) is 0 Å². The minimum Gasteiger partial charge on any atom is -0.390 e. The number of nitrogens with zero attached hydrogens (tertiary/aromatic N) is 1. The van der Waals surface area contributed by atoms with Gasteiger partial charge < -0.3 is 20.6 Å². The van der Waals surface area contributed by atoms with Crippen molar-refractivity contribution < 1.29 is 23.9 Å². The third-order valence-electron chi connectivity index (χ3n) is 7.96. The highest BCUT2D eigenvalue weighted by Gasteiger charge is 2.36. The summed E-state index contributed by atoms with van der Waals surface area (Å²) in [6.45, 7) is 8.29. The lowest BCUT2D eigenvalue weighted by Crippen LogP contribution is -2.54. The van der Waals surface area contributed by atoms with Crippen molar-refractivity contribution in [2.24, 2.45) is 11.8 Å². The summed E-state index contributed by atoms with van der Waals surface area (Å²) in [7, 11) is 0. The van der Waals surface area contributed by atoms with Gasteiger partial charge in [-0.3, -0.25) is 14.4 Å². The Bertz CT molecular complexity index is 933. The topological polar surface area (TPSA) is 98.7 Å². The number of rotatable bonds is 8. The zero-order valence-corrected chi connectivity index (χ0v) is 22.1. The van der Waals surface area contributed by atoms with Crippen molar-refractivity contribution in [1.82, 2.24) is 10.2 Å². The van der Waals surface area contributed by atoms with Gasteiger partial charge in [0, 0.05) is 31.8 Å². The second-order valence-electron chi connectivity index (χ2n) is 11.1. The fourth-order valence-electron chi connectivity index (χ4n) is 5.19. The van der Waals surface area contributed by atoms with E-state index in [0.717, 1.165) is 25.7 Å². The van der Waals surface area contributed by atoms with Crippen LogP contribution in [0.25, 0.3) is 0 Å². The molecule has 0 spiro atoms. The lowest BCUT2D eigenvalue weighted by molar-refractivity contribution is -0.140. The van der Waals surface area contributed by atoms with Crippen molar-refractivity contribution in [3.8, 4) is 0 Å². The predicted octanol–water partition coefficient (Wildman–Crippen LogP) is 4.35. The second kappa shape index (κ2) is 12.2. The number of halogens is 1. The molecule has 1 heterocycles. The van der Waals surface area contributed by atoms with Crippen molar-refractivity contribution in [2.45, 2.75) is 96.6 Å². The van der Waals surface area contributed by atoms with Crippen LogP contribution in [0.15, 0.2) is 18.2 Å². The summed E-state index contributed by atoms with van der Waals surface area (Å²) in [6.07, 6.45) is 5.86. The maximum absolute atomic E-state index is 15.0. The van der Waals surface area contributed by atoms with Crippen LogP contribution in [0, 0.1) is 17.7 Å². The minimum absolute atomic E-state index is 0.124. The van der Waals surface area contributed by atoms with Crippen LogP contribution < -0.4 is 10.6 Å². The molecule has 2 atom stereocenters. The maximum Gasteiger partial charge on any atom is 0.245 e. The van der Waals surface area contributed by atoms with Gasteiger partial charge in [0.1, 0.15) is 11.9 Å². The van der Waals surface area contributed by atoms with E-state index in [1.807, 2.05) is 0 Å². The average Bonchev–Trinajstić information content (AvgIpc) is 2.84. The summed E-state index contributed by atoms with van der Waals surface area (Å²) in [6, 6.07) is 3.71. The lowest BCUT2D eigenvalue weighted by Gasteiger charge is -2.38. The molecule has 0 unspecified atom stereocenters. The van der Waals surface area contributed by atoms with Gasteiger partial charge in [0.25, 0.3) is 0 Å². The van der Waals surface area contributed by atoms with Crippen LogP contribution in [0.1, 0.15) is 90.5 Å². The normalized spacial score (nSPS) is 23.4. The molecule has 7 nitrogen and oxygen atoms in total. The molecule has 1 aromatic carbocycles. The van der Waals surface area contributed by atoms with Crippen LogP contribution in [-0.2, 0) is 14.4 Å². The van der Waals surface area contributed by atoms with Crippen molar-refractivity contribution >= 4 is 23.4 Å². The molecule has 3 rings (SSSR count). The quantitative estimate of drug-likeness (QED) is 0.491. The van der Waals surface area contributed by atoms with Gasteiger partial charge in [-0.1, -0.05) is 39.7 Å². The van der Waals surface area contributed by atoms with E-state index in [1.165, 1.54) is 12.1 Å². The molecular formula is C28H42FN3O4. The highest BCUT2D eigenvalue weighted by Crippen LogP contribution is 2.31. The summed E-state index contributed by atoms with van der Waals surface area (Å²) in [5.74, 6) is -0.677. The van der Waals surface area contributed by atoms with Gasteiger partial charge in [0.15, 0.2) is 0 Å². The predicted molar refractivity (Wildman–Crippen MR) is 138 cm³/mol. The Morgan fingerprint density at radius 1 is 1.14 bits per heavy atom. The van der Waals surface area contributed by atoms with Crippen LogP contribution in [0.2, 0.25) is 0 Å². The molecule has 36 heavy (non-hydrogen) atoms. The first-order chi connectivity index (χ1) is 17.0. The molecule has 0 aromatic heterocycles. The number of amides is 3. The van der Waals surface area contributed by atoms with Gasteiger partial charge in [-0.2, -0.15) is 0 Å². The summed E-state index contributed by atoms with van der Waals surface area (Å²) >= 11 is 0. The van der Waals surface area contributed by atoms with Gasteiger partial charge in [-0.15, -0.1) is 0 Å². The first-order valence-electron chi connectivity index (χ1n) is 13.4. The molecule has 3 N–H and O–H groups in total. The smallest absolute Gasteiger partial charge is 0.245 e. The largest absolute Gasteiger partial charge is 0.390 e. The Kier molecular flexibility index (Phi) is 9.50. The van der Waals surface area contributed by atoms with Crippen LogP contribution >= 0.6 is 0 Å². The number of benzene rings is 1. The van der Waals surface area contributed by atoms with E-state index in [4.69, 9.17) is 0 Å². The molecule has 8 heteroatoms. The maximum atomic E-state index is 15.0. The molecule has 1 aliphatic heterocycles. The van der Waals surface area contributed by atoms with Crippen molar-refractivity contribution in [3.63, 3.8) is 0 Å². The zero-order chi connectivity index (χ0) is 26.5. The lowest BCUT2D eigenvalue weighted by atomic mass is 9.81. The zero-order valence-electron chi connectivity index (χ0n) is 22.1. The number of anilines is 1. The second-order valence-corrected chi connectivity index (χ2v) is 11.1. The van der Waals surface area contributed by atoms with E-state index in [9.17, 15) is 19.5 Å². The van der Waals surface area contributed by atoms with E-state index in [-0.39, 0.29) is 29.8 Å². The Hall–Kier alpha value is -2.48. The Balaban J connectivity index is 1.68. The monoisotopic (exact) mass is 503 g/mol. The van der Waals surface area contributed by atoms with Gasteiger partial charge in [0.2, 0.25) is 17.7 Å². The van der Waals surface area contributed by atoms with E-state index in [2.05, 4.69) is 17.6 Å². The number of likely N-dealkylation sites (tertiary alicyclic amines) is 1. The molecule has 1 aromatic rings. The fourth-order valence-corrected chi connectivity index (χ4v) is 5.19. The van der Waals surface area contributed by atoms with Gasteiger partial charge >= 0.3 is 0 Å². The molecule has 1 aliphatic carbocycles. The van der Waals surface area contributed by atoms with E-state index in [0.29, 0.717) is 49.8 Å². The Labute approximate surface area is 214 Å². The number of piperidine rings is 1. The first-order valence-corrected chi connectivity index (χ1v) is 13.4. The van der Waals surface area contributed by atoms with Crippen LogP contribution in [-0.4, -0.2) is 52.5 Å². The number of hydrogen-bond donors (Lipinski definition) is 3. The summed E-state index contributed by atoms with van der Waals surface area (Å²) in [4.78, 5) is 39.8. The molecule has 1 saturated heterocycles. The minimum atomic E-state index is -0.853. The Morgan fingerprint density at radius 2 is 1.78 bits per heavy atom. The standard InChI is InChI=1S/C28H42FN3O4/c1-5-24(33)31-26(27(35)32-14-12-28(4,36)13-15-32)19(3)21-10-11-23(22(29)17-21)30-25(34)16-20-8-6-18(2)7-9-20/h10-11,17-20,26,36H,5-9,12-16H2,1-4H3,(H,30,34)(H,31,33)/t18-,19-,20-,26+/m0/s1. The van der Waals surface area contributed by atoms with Crippen LogP contribution in [0.3, 0.4) is 0 Å². The fraction of sp³-hybridized carbons (Fsp3) is 0.679. The number of aliphatic hydroxyl groups is 1. The summed E-state index contributed by atoms with van der Waals surface area (Å²) in [5, 5.41) is 15.7. The molecule has 0 bridgehead atoms. The molecule has 2 aliphatic rings. The highest BCUT2D eigenvalue weighted by atomic mass is 19.1. The summed E-state index contributed by atoms with van der Waals surface area (Å²) in [5.41, 5.74) is -0.118. The van der Waals surface area contributed by atoms with Gasteiger partial charge in [-0.05, 0) is 62.1 Å². The summed E-state index contributed by atoms with van der Waals surface area (Å²) < 4.78 is 15.0. The SMILES string of the molecule is CCC(=O)N[C@@H](C(=O)N1CCC(C)(O)CC1)[C@@H](C)c1ccc(NC(=O)C[C@H]2CC[C@H](C)CC2)c(F)c1.